The highest BCUT2D eigenvalue weighted by atomic mass is 79.9. The van der Waals surface area contributed by atoms with Crippen LogP contribution in [0.5, 0.6) is 0 Å². The normalized spacial score (nSPS) is 11.6. The summed E-state index contributed by atoms with van der Waals surface area (Å²) in [5, 5.41) is 4.85. The van der Waals surface area contributed by atoms with Crippen LogP contribution in [0.3, 0.4) is 0 Å². The van der Waals surface area contributed by atoms with E-state index < -0.39 is 10.0 Å². The second kappa shape index (κ2) is 6.15. The van der Waals surface area contributed by atoms with E-state index in [4.69, 9.17) is 11.6 Å². The van der Waals surface area contributed by atoms with E-state index in [0.29, 0.717) is 16.0 Å². The van der Waals surface area contributed by atoms with Crippen molar-refractivity contribution in [1.29, 1.82) is 0 Å². The Kier molecular flexibility index (Phi) is 4.72. The van der Waals surface area contributed by atoms with E-state index in [1.165, 1.54) is 0 Å². The molecule has 2 rings (SSSR count). The van der Waals surface area contributed by atoms with Crippen molar-refractivity contribution in [1.82, 2.24) is 9.78 Å². The monoisotopic (exact) mass is 377 g/mol. The van der Waals surface area contributed by atoms with Gasteiger partial charge in [-0.05, 0) is 34.5 Å². The van der Waals surface area contributed by atoms with Gasteiger partial charge in [0.25, 0.3) is 0 Å². The lowest BCUT2D eigenvalue weighted by molar-refractivity contribution is 0.601. The molecule has 0 spiro atoms. The number of rotatable bonds is 5. The van der Waals surface area contributed by atoms with Crippen molar-refractivity contribution >= 4 is 43.4 Å². The number of hydrogen-bond acceptors (Lipinski definition) is 3. The van der Waals surface area contributed by atoms with Gasteiger partial charge in [0.05, 0.1) is 16.8 Å². The molecule has 0 aliphatic heterocycles. The molecule has 8 heteroatoms. The van der Waals surface area contributed by atoms with Crippen molar-refractivity contribution in [3.63, 3.8) is 0 Å². The van der Waals surface area contributed by atoms with Gasteiger partial charge in [0.2, 0.25) is 10.0 Å². The second-order valence-electron chi connectivity index (χ2n) is 4.12. The minimum absolute atomic E-state index is 0.00316. The Labute approximate surface area is 131 Å². The molecule has 108 valence electrons. The molecular weight excluding hydrogens is 366 g/mol. The van der Waals surface area contributed by atoms with Gasteiger partial charge in [-0.3, -0.25) is 9.40 Å². The SMILES string of the molecule is CCS(=O)(=O)Nc1nn(Cc2ccccc2Cl)cc1Br. The third kappa shape index (κ3) is 3.74. The van der Waals surface area contributed by atoms with Crippen molar-refractivity contribution in [2.75, 3.05) is 10.5 Å². The van der Waals surface area contributed by atoms with E-state index in [2.05, 4.69) is 25.8 Å². The van der Waals surface area contributed by atoms with E-state index in [0.717, 1.165) is 5.56 Å². The first-order valence-corrected chi connectivity index (χ1v) is 8.70. The molecule has 0 aliphatic rings. The maximum Gasteiger partial charge on any atom is 0.233 e. The quantitative estimate of drug-likeness (QED) is 0.869. The number of sulfonamides is 1. The lowest BCUT2D eigenvalue weighted by Gasteiger charge is -2.04. The predicted octanol–water partition coefficient (Wildman–Crippen LogP) is 3.11. The minimum Gasteiger partial charge on any atom is -0.265 e. The summed E-state index contributed by atoms with van der Waals surface area (Å²) >= 11 is 9.37. The molecule has 0 atom stereocenters. The van der Waals surface area contributed by atoms with Gasteiger partial charge in [-0.2, -0.15) is 5.10 Å². The van der Waals surface area contributed by atoms with E-state index in [1.807, 2.05) is 18.2 Å². The Balaban J connectivity index is 2.22. The molecule has 1 N–H and O–H groups in total. The topological polar surface area (TPSA) is 64.0 Å². The summed E-state index contributed by atoms with van der Waals surface area (Å²) in [5.41, 5.74) is 0.911. The first-order chi connectivity index (χ1) is 9.41. The van der Waals surface area contributed by atoms with Crippen LogP contribution in [0.4, 0.5) is 5.82 Å². The molecule has 1 aromatic carbocycles. The van der Waals surface area contributed by atoms with Gasteiger partial charge < -0.3 is 0 Å². The fourth-order valence-electron chi connectivity index (χ4n) is 1.57. The summed E-state index contributed by atoms with van der Waals surface area (Å²) in [4.78, 5) is 0. The Morgan fingerprint density at radius 1 is 1.40 bits per heavy atom. The molecule has 20 heavy (non-hydrogen) atoms. The molecule has 0 aliphatic carbocycles. The van der Waals surface area contributed by atoms with Gasteiger partial charge in [0, 0.05) is 11.2 Å². The highest BCUT2D eigenvalue weighted by Gasteiger charge is 2.13. The van der Waals surface area contributed by atoms with Crippen LogP contribution in [0.25, 0.3) is 0 Å². The Bertz CT molecular complexity index is 715. The van der Waals surface area contributed by atoms with Crippen LogP contribution in [0, 0.1) is 0 Å². The van der Waals surface area contributed by atoms with E-state index in [1.54, 1.807) is 23.9 Å². The highest BCUT2D eigenvalue weighted by Crippen LogP contribution is 2.23. The van der Waals surface area contributed by atoms with Crippen molar-refractivity contribution < 1.29 is 8.42 Å². The Morgan fingerprint density at radius 2 is 2.10 bits per heavy atom. The summed E-state index contributed by atoms with van der Waals surface area (Å²) in [5.74, 6) is 0.274. The van der Waals surface area contributed by atoms with Crippen LogP contribution in [-0.2, 0) is 16.6 Å². The van der Waals surface area contributed by atoms with Gasteiger partial charge in [0.1, 0.15) is 0 Å². The van der Waals surface area contributed by atoms with Crippen LogP contribution >= 0.6 is 27.5 Å². The molecule has 1 aromatic heterocycles. The van der Waals surface area contributed by atoms with E-state index >= 15 is 0 Å². The number of aromatic nitrogens is 2. The summed E-state index contributed by atoms with van der Waals surface area (Å²) in [6.45, 7) is 2.03. The van der Waals surface area contributed by atoms with Crippen LogP contribution < -0.4 is 4.72 Å². The smallest absolute Gasteiger partial charge is 0.233 e. The molecule has 0 saturated heterocycles. The molecule has 0 radical (unpaired) electrons. The number of hydrogen-bond donors (Lipinski definition) is 1. The van der Waals surface area contributed by atoms with Crippen LogP contribution in [0.1, 0.15) is 12.5 Å². The largest absolute Gasteiger partial charge is 0.265 e. The molecule has 0 fully saturated rings. The molecule has 5 nitrogen and oxygen atoms in total. The highest BCUT2D eigenvalue weighted by molar-refractivity contribution is 9.10. The zero-order valence-electron chi connectivity index (χ0n) is 10.7. The first-order valence-electron chi connectivity index (χ1n) is 5.88. The summed E-state index contributed by atoms with van der Waals surface area (Å²) in [7, 11) is -3.34. The maximum atomic E-state index is 11.5. The zero-order chi connectivity index (χ0) is 14.8. The third-order valence-electron chi connectivity index (χ3n) is 2.64. The van der Waals surface area contributed by atoms with Gasteiger partial charge in [-0.15, -0.1) is 0 Å². The van der Waals surface area contributed by atoms with Gasteiger partial charge in [-0.1, -0.05) is 29.8 Å². The predicted molar refractivity (Wildman–Crippen MR) is 83.6 cm³/mol. The molecule has 2 aromatic rings. The molecule has 1 heterocycles. The van der Waals surface area contributed by atoms with Gasteiger partial charge >= 0.3 is 0 Å². The zero-order valence-corrected chi connectivity index (χ0v) is 13.8. The van der Waals surface area contributed by atoms with Crippen molar-refractivity contribution in [2.24, 2.45) is 0 Å². The average Bonchev–Trinajstić information content (AvgIpc) is 2.72. The molecule has 0 bridgehead atoms. The summed E-state index contributed by atoms with van der Waals surface area (Å²) in [6, 6.07) is 7.44. The van der Waals surface area contributed by atoms with Crippen molar-refractivity contribution in [3.05, 3.63) is 45.5 Å². The number of halogens is 2. The summed E-state index contributed by atoms with van der Waals surface area (Å²) in [6.07, 6.45) is 1.71. The third-order valence-corrected chi connectivity index (χ3v) is 4.85. The van der Waals surface area contributed by atoms with Crippen LogP contribution in [-0.4, -0.2) is 24.0 Å². The van der Waals surface area contributed by atoms with Gasteiger partial charge in [0.15, 0.2) is 5.82 Å². The molecular formula is C12H13BrClN3O2S. The number of nitrogens with zero attached hydrogens (tertiary/aromatic N) is 2. The fourth-order valence-corrected chi connectivity index (χ4v) is 2.90. The molecule has 0 saturated carbocycles. The Hall–Kier alpha value is -1.05. The number of nitrogens with one attached hydrogen (secondary N) is 1. The van der Waals surface area contributed by atoms with Crippen LogP contribution in [0.15, 0.2) is 34.9 Å². The lowest BCUT2D eigenvalue weighted by atomic mass is 10.2. The minimum atomic E-state index is -3.34. The Morgan fingerprint density at radius 3 is 2.75 bits per heavy atom. The van der Waals surface area contributed by atoms with Crippen LogP contribution in [0.2, 0.25) is 5.02 Å². The van der Waals surface area contributed by atoms with Crippen molar-refractivity contribution in [3.8, 4) is 0 Å². The standard InChI is InChI=1S/C12H13BrClN3O2S/c1-2-20(18,19)16-12-10(13)8-17(15-12)7-9-5-3-4-6-11(9)14/h3-6,8H,2,7H2,1H3,(H,15,16). The first kappa shape index (κ1) is 15.3. The second-order valence-corrected chi connectivity index (χ2v) is 7.39. The van der Waals surface area contributed by atoms with Gasteiger partial charge in [-0.25, -0.2) is 8.42 Å². The average molecular weight is 379 g/mol. The maximum absolute atomic E-state index is 11.5. The fraction of sp³-hybridized carbons (Fsp3) is 0.250. The van der Waals surface area contributed by atoms with E-state index in [9.17, 15) is 8.42 Å². The molecule has 0 amide bonds. The van der Waals surface area contributed by atoms with E-state index in [-0.39, 0.29) is 11.6 Å². The van der Waals surface area contributed by atoms with Crippen molar-refractivity contribution in [2.45, 2.75) is 13.5 Å². The number of anilines is 1. The lowest BCUT2D eigenvalue weighted by Crippen LogP contribution is -2.15. The summed E-state index contributed by atoms with van der Waals surface area (Å²) < 4.78 is 27.7. The number of benzene rings is 1. The molecule has 0 unspecified atom stereocenters.